The molecule has 2 aromatic carbocycles. The van der Waals surface area contributed by atoms with Gasteiger partial charge in [0.05, 0.1) is 17.9 Å². The van der Waals surface area contributed by atoms with Crippen LogP contribution in [0.1, 0.15) is 67.7 Å². The number of pyridine rings is 1. The van der Waals surface area contributed by atoms with Gasteiger partial charge in [-0.15, -0.1) is 0 Å². The Morgan fingerprint density at radius 2 is 1.82 bits per heavy atom. The van der Waals surface area contributed by atoms with Gasteiger partial charge in [-0.1, -0.05) is 42.6 Å². The Labute approximate surface area is 244 Å². The van der Waals surface area contributed by atoms with Crippen LogP contribution in [-0.4, -0.2) is 36.4 Å². The molecule has 1 heterocycles. The lowest BCUT2D eigenvalue weighted by Gasteiger charge is -2.24. The Hall–Kier alpha value is -2.66. The van der Waals surface area contributed by atoms with E-state index in [0.29, 0.717) is 22.3 Å². The molecule has 1 N–H and O–H groups in total. The van der Waals surface area contributed by atoms with E-state index >= 15 is 0 Å². The number of aromatic nitrogens is 1. The maximum absolute atomic E-state index is 14.2. The first-order valence-electron chi connectivity index (χ1n) is 12.6. The Morgan fingerprint density at radius 3 is 2.42 bits per heavy atom. The van der Waals surface area contributed by atoms with Crippen LogP contribution in [0, 0.1) is 5.82 Å². The summed E-state index contributed by atoms with van der Waals surface area (Å²) in [5.41, 5.74) is 2.11. The summed E-state index contributed by atoms with van der Waals surface area (Å²) >= 11 is 7.80. The third kappa shape index (κ3) is 7.54. The summed E-state index contributed by atoms with van der Waals surface area (Å²) in [5.74, 6) is -1.61. The highest BCUT2D eigenvalue weighted by Crippen LogP contribution is 2.36. The number of methoxy groups -OCH3 is 1. The number of nitrogens with one attached hydrogen (secondary N) is 1. The molecule has 0 aliphatic carbocycles. The maximum atomic E-state index is 14.2. The third-order valence-corrected chi connectivity index (χ3v) is 9.25. The van der Waals surface area contributed by atoms with Crippen LogP contribution in [0.3, 0.4) is 0 Å². The Morgan fingerprint density at radius 1 is 1.15 bits per heavy atom. The SMILES string of the molecule is CCS(=O)(=O)Cc1ccc(C(=O)c2cc(OC)c(F)cc2Cl)c(-c2cn(C)c(=O)cc2[C@H](C)NSC(C)(C)C)c1. The van der Waals surface area contributed by atoms with E-state index in [1.165, 1.54) is 35.8 Å². The van der Waals surface area contributed by atoms with E-state index in [-0.39, 0.29) is 49.8 Å². The molecule has 0 fully saturated rings. The topological polar surface area (TPSA) is 94.5 Å². The normalized spacial score (nSPS) is 12.8. The number of hydrogen-bond acceptors (Lipinski definition) is 7. The van der Waals surface area contributed by atoms with Gasteiger partial charge in [0.1, 0.15) is 0 Å². The molecule has 0 spiro atoms. The van der Waals surface area contributed by atoms with E-state index < -0.39 is 21.4 Å². The van der Waals surface area contributed by atoms with Crippen LogP contribution in [0.15, 0.2) is 47.4 Å². The highest BCUT2D eigenvalue weighted by atomic mass is 35.5. The highest BCUT2D eigenvalue weighted by Gasteiger charge is 2.25. The number of aryl methyl sites for hydroxylation is 1. The monoisotopic (exact) mass is 608 g/mol. The van der Waals surface area contributed by atoms with Crippen molar-refractivity contribution in [3.05, 3.63) is 86.0 Å². The van der Waals surface area contributed by atoms with Crippen molar-refractivity contribution in [1.29, 1.82) is 0 Å². The number of carbonyl (C=O) groups is 1. The Kier molecular flexibility index (Phi) is 9.93. The number of carbonyl (C=O) groups excluding carboxylic acids is 1. The van der Waals surface area contributed by atoms with E-state index in [9.17, 15) is 22.4 Å². The molecule has 0 aliphatic heterocycles. The molecule has 1 aromatic heterocycles. The van der Waals surface area contributed by atoms with Gasteiger partial charge in [0.15, 0.2) is 27.2 Å². The van der Waals surface area contributed by atoms with Crippen LogP contribution >= 0.6 is 23.5 Å². The van der Waals surface area contributed by atoms with E-state index in [4.69, 9.17) is 16.3 Å². The zero-order valence-electron chi connectivity index (χ0n) is 23.6. The molecule has 216 valence electrons. The van der Waals surface area contributed by atoms with Gasteiger partial charge in [-0.05, 0) is 62.6 Å². The largest absolute Gasteiger partial charge is 0.494 e. The fraction of sp³-hybridized carbons (Fsp3) is 0.379. The fourth-order valence-corrected chi connectivity index (χ4v) is 5.80. The molecule has 3 aromatic rings. The van der Waals surface area contributed by atoms with Crippen LogP contribution in [0.25, 0.3) is 11.1 Å². The number of ketones is 1. The van der Waals surface area contributed by atoms with Crippen molar-refractivity contribution in [2.45, 2.75) is 51.2 Å². The summed E-state index contributed by atoms with van der Waals surface area (Å²) in [7, 11) is -0.488. The zero-order valence-corrected chi connectivity index (χ0v) is 26.0. The quantitative estimate of drug-likeness (QED) is 0.219. The predicted octanol–water partition coefficient (Wildman–Crippen LogP) is 6.12. The first-order chi connectivity index (χ1) is 18.6. The van der Waals surface area contributed by atoms with Crippen LogP contribution in [0.2, 0.25) is 5.02 Å². The van der Waals surface area contributed by atoms with Gasteiger partial charge in [0.2, 0.25) is 0 Å². The Balaban J connectivity index is 2.30. The van der Waals surface area contributed by atoms with Gasteiger partial charge in [-0.3, -0.25) is 14.3 Å². The second-order valence-electron chi connectivity index (χ2n) is 10.5. The molecule has 0 unspecified atom stereocenters. The number of ether oxygens (including phenoxy) is 1. The maximum Gasteiger partial charge on any atom is 0.250 e. The predicted molar refractivity (Wildman–Crippen MR) is 161 cm³/mol. The van der Waals surface area contributed by atoms with E-state index in [1.54, 1.807) is 38.4 Å². The number of sulfone groups is 1. The zero-order chi connectivity index (χ0) is 30.0. The summed E-state index contributed by atoms with van der Waals surface area (Å²) in [6.45, 7) is 9.64. The van der Waals surface area contributed by atoms with Crippen LogP contribution in [-0.2, 0) is 22.6 Å². The van der Waals surface area contributed by atoms with Crippen molar-refractivity contribution < 1.29 is 22.3 Å². The highest BCUT2D eigenvalue weighted by molar-refractivity contribution is 7.98. The van der Waals surface area contributed by atoms with Crippen molar-refractivity contribution >= 4 is 39.2 Å². The molecule has 0 bridgehead atoms. The molecule has 3 rings (SSSR count). The average molecular weight is 609 g/mol. The van der Waals surface area contributed by atoms with E-state index in [1.807, 2.05) is 6.92 Å². The lowest BCUT2D eigenvalue weighted by Crippen LogP contribution is -2.24. The number of hydrogen-bond donors (Lipinski definition) is 1. The summed E-state index contributed by atoms with van der Waals surface area (Å²) in [5, 5.41) is -0.0933. The molecule has 0 aliphatic rings. The van der Waals surface area contributed by atoms with Crippen molar-refractivity contribution in [2.24, 2.45) is 7.05 Å². The van der Waals surface area contributed by atoms with E-state index in [0.717, 1.165) is 6.07 Å². The minimum Gasteiger partial charge on any atom is -0.494 e. The lowest BCUT2D eigenvalue weighted by molar-refractivity contribution is 0.103. The standard InChI is InChI=1S/C29H34ClFN2O5S2/c1-8-40(36,37)16-18-9-10-19(28(35)22-12-26(38-7)25(31)14-24(22)30)21(11-18)23-15-33(6)27(34)13-20(23)17(2)32-39-29(3,4)5/h9-15,17,32H,8,16H2,1-7H3/t17-/m0/s1. The number of nitrogens with zero attached hydrogens (tertiary/aromatic N) is 1. The summed E-state index contributed by atoms with van der Waals surface area (Å²) < 4.78 is 48.9. The summed E-state index contributed by atoms with van der Waals surface area (Å²) in [6, 6.07) is 8.23. The Bertz CT molecular complexity index is 1600. The van der Waals surface area contributed by atoms with Gasteiger partial charge in [0.25, 0.3) is 5.56 Å². The lowest BCUT2D eigenvalue weighted by atomic mass is 9.89. The molecule has 0 amide bonds. The van der Waals surface area contributed by atoms with Gasteiger partial charge in [-0.25, -0.2) is 12.8 Å². The third-order valence-electron chi connectivity index (χ3n) is 6.20. The number of halogens is 2. The van der Waals surface area contributed by atoms with Gasteiger partial charge >= 0.3 is 0 Å². The van der Waals surface area contributed by atoms with Crippen LogP contribution in [0.4, 0.5) is 4.39 Å². The summed E-state index contributed by atoms with van der Waals surface area (Å²) in [4.78, 5) is 26.6. The number of rotatable bonds is 10. The second kappa shape index (κ2) is 12.5. The molecule has 7 nitrogen and oxygen atoms in total. The van der Waals surface area contributed by atoms with Crippen molar-refractivity contribution in [1.82, 2.24) is 9.29 Å². The molecule has 40 heavy (non-hydrogen) atoms. The van der Waals surface area contributed by atoms with Gasteiger partial charge in [-0.2, -0.15) is 0 Å². The summed E-state index contributed by atoms with van der Waals surface area (Å²) in [6.07, 6.45) is 1.63. The van der Waals surface area contributed by atoms with Crippen molar-refractivity contribution in [2.75, 3.05) is 12.9 Å². The first-order valence-corrected chi connectivity index (χ1v) is 15.6. The number of benzene rings is 2. The van der Waals surface area contributed by atoms with Gasteiger partial charge in [0, 0.05) is 52.5 Å². The van der Waals surface area contributed by atoms with Gasteiger partial charge < -0.3 is 9.30 Å². The molecule has 0 saturated carbocycles. The van der Waals surface area contributed by atoms with Crippen molar-refractivity contribution in [3.8, 4) is 16.9 Å². The molecule has 0 saturated heterocycles. The average Bonchev–Trinajstić information content (AvgIpc) is 2.87. The van der Waals surface area contributed by atoms with Crippen LogP contribution in [0.5, 0.6) is 5.75 Å². The molecular formula is C29H34ClFN2O5S2. The minimum absolute atomic E-state index is 0.0240. The minimum atomic E-state index is -3.38. The molecular weight excluding hydrogens is 575 g/mol. The van der Waals surface area contributed by atoms with E-state index in [2.05, 4.69) is 25.5 Å². The smallest absolute Gasteiger partial charge is 0.250 e. The molecule has 1 atom stereocenters. The van der Waals surface area contributed by atoms with Crippen molar-refractivity contribution in [3.63, 3.8) is 0 Å². The molecule has 0 radical (unpaired) electrons. The second-order valence-corrected chi connectivity index (χ2v) is 14.9. The first kappa shape index (κ1) is 31.9. The van der Waals surface area contributed by atoms with Crippen LogP contribution < -0.4 is 15.0 Å². The molecule has 11 heteroatoms. The fourth-order valence-electron chi connectivity index (χ4n) is 4.02.